The summed E-state index contributed by atoms with van der Waals surface area (Å²) in [6.07, 6.45) is 6.33. The van der Waals surface area contributed by atoms with Crippen LogP contribution in [0, 0.1) is 6.92 Å². The molecule has 0 bridgehead atoms. The third-order valence-electron chi connectivity index (χ3n) is 5.44. The predicted octanol–water partition coefficient (Wildman–Crippen LogP) is 5.69. The van der Waals surface area contributed by atoms with Crippen molar-refractivity contribution in [3.05, 3.63) is 90.5 Å². The van der Waals surface area contributed by atoms with Crippen LogP contribution in [0.5, 0.6) is 0 Å². The fourth-order valence-electron chi connectivity index (χ4n) is 3.78. The lowest BCUT2D eigenvalue weighted by atomic mass is 10.1. The molecule has 5 aromatic rings. The van der Waals surface area contributed by atoms with Gasteiger partial charge in [-0.15, -0.1) is 0 Å². The Balaban J connectivity index is 1.49. The second-order valence-corrected chi connectivity index (χ2v) is 8.60. The zero-order chi connectivity index (χ0) is 21.2. The molecule has 1 amide bonds. The van der Waals surface area contributed by atoms with Crippen LogP contribution in [-0.4, -0.2) is 27.0 Å². The van der Waals surface area contributed by atoms with Gasteiger partial charge < -0.3 is 4.57 Å². The maximum atomic E-state index is 13.6. The highest BCUT2D eigenvalue weighted by Crippen LogP contribution is 2.32. The van der Waals surface area contributed by atoms with Crippen LogP contribution in [-0.2, 0) is 6.54 Å². The molecule has 0 saturated carbocycles. The van der Waals surface area contributed by atoms with Crippen molar-refractivity contribution in [2.24, 2.45) is 0 Å². The molecular weight excluding hydrogens is 404 g/mol. The predicted molar refractivity (Wildman–Crippen MR) is 127 cm³/mol. The van der Waals surface area contributed by atoms with Gasteiger partial charge in [0.2, 0.25) is 0 Å². The van der Waals surface area contributed by atoms with Gasteiger partial charge in [-0.25, -0.2) is 9.97 Å². The van der Waals surface area contributed by atoms with Gasteiger partial charge in [0.15, 0.2) is 5.13 Å². The number of imidazole rings is 1. The molecule has 5 rings (SSSR count). The highest BCUT2D eigenvalue weighted by Gasteiger charge is 2.21. The standard InChI is InChI=1S/C25H22N4OS/c1-18-6-4-9-22-23(18)27-25(31-22)29(14-5-13-28-15-12-26-17-28)24(30)21-11-10-19-7-2-3-8-20(19)16-21/h2-4,6-12,15-17H,5,13-14H2,1H3. The third kappa shape index (κ3) is 3.94. The van der Waals surface area contributed by atoms with Crippen LogP contribution in [0.3, 0.4) is 0 Å². The van der Waals surface area contributed by atoms with Gasteiger partial charge in [-0.3, -0.25) is 9.69 Å². The Morgan fingerprint density at radius 2 is 1.94 bits per heavy atom. The van der Waals surface area contributed by atoms with Gasteiger partial charge in [0, 0.05) is 31.0 Å². The van der Waals surface area contributed by atoms with Crippen LogP contribution >= 0.6 is 11.3 Å². The number of benzene rings is 3. The smallest absolute Gasteiger partial charge is 0.260 e. The van der Waals surface area contributed by atoms with E-state index in [0.29, 0.717) is 12.1 Å². The van der Waals surface area contributed by atoms with Gasteiger partial charge in [-0.1, -0.05) is 53.8 Å². The summed E-state index contributed by atoms with van der Waals surface area (Å²) in [5.41, 5.74) is 2.77. The largest absolute Gasteiger partial charge is 0.337 e. The monoisotopic (exact) mass is 426 g/mol. The van der Waals surface area contributed by atoms with Crippen molar-refractivity contribution < 1.29 is 4.79 Å². The van der Waals surface area contributed by atoms with Crippen LogP contribution in [0.2, 0.25) is 0 Å². The lowest BCUT2D eigenvalue weighted by Gasteiger charge is -2.20. The van der Waals surface area contributed by atoms with Gasteiger partial charge in [-0.05, 0) is 47.9 Å². The molecule has 154 valence electrons. The normalized spacial score (nSPS) is 11.3. The SMILES string of the molecule is Cc1cccc2sc(N(CCCn3ccnc3)C(=O)c3ccc4ccccc4c3)nc12. The zero-order valence-corrected chi connectivity index (χ0v) is 18.0. The molecule has 5 nitrogen and oxygen atoms in total. The Bertz CT molecular complexity index is 1360. The Hall–Kier alpha value is -3.51. The highest BCUT2D eigenvalue weighted by molar-refractivity contribution is 7.22. The van der Waals surface area contributed by atoms with Gasteiger partial charge in [0.25, 0.3) is 5.91 Å². The molecule has 0 aliphatic carbocycles. The Morgan fingerprint density at radius 3 is 2.74 bits per heavy atom. The summed E-state index contributed by atoms with van der Waals surface area (Å²) in [4.78, 5) is 24.4. The van der Waals surface area contributed by atoms with Crippen molar-refractivity contribution in [2.75, 3.05) is 11.4 Å². The summed E-state index contributed by atoms with van der Waals surface area (Å²) in [6.45, 7) is 3.44. The van der Waals surface area contributed by atoms with E-state index in [2.05, 4.69) is 30.1 Å². The number of amides is 1. The van der Waals surface area contributed by atoms with E-state index in [1.807, 2.05) is 58.1 Å². The van der Waals surface area contributed by atoms with Crippen molar-refractivity contribution >= 4 is 43.4 Å². The zero-order valence-electron chi connectivity index (χ0n) is 17.2. The molecule has 2 heterocycles. The van der Waals surface area contributed by atoms with Gasteiger partial charge >= 0.3 is 0 Å². The number of anilines is 1. The lowest BCUT2D eigenvalue weighted by molar-refractivity contribution is 0.0986. The highest BCUT2D eigenvalue weighted by atomic mass is 32.1. The summed E-state index contributed by atoms with van der Waals surface area (Å²) in [5.74, 6) is -0.0203. The van der Waals surface area contributed by atoms with E-state index >= 15 is 0 Å². The van der Waals surface area contributed by atoms with E-state index in [0.717, 1.165) is 44.6 Å². The fourth-order valence-corrected chi connectivity index (χ4v) is 4.85. The quantitative estimate of drug-likeness (QED) is 0.350. The van der Waals surface area contributed by atoms with Crippen molar-refractivity contribution in [3.63, 3.8) is 0 Å². The average Bonchev–Trinajstić information content (AvgIpc) is 3.46. The van der Waals surface area contributed by atoms with Crippen LogP contribution in [0.25, 0.3) is 21.0 Å². The summed E-state index contributed by atoms with van der Waals surface area (Å²) in [5, 5.41) is 2.93. The summed E-state index contributed by atoms with van der Waals surface area (Å²) in [6, 6.07) is 20.1. The van der Waals surface area contributed by atoms with Crippen LogP contribution in [0.15, 0.2) is 79.4 Å². The molecule has 0 spiro atoms. The number of hydrogen-bond acceptors (Lipinski definition) is 4. The Kier molecular flexibility index (Phi) is 5.22. The number of nitrogens with zero attached hydrogens (tertiary/aromatic N) is 4. The number of rotatable bonds is 6. The molecule has 31 heavy (non-hydrogen) atoms. The van der Waals surface area contributed by atoms with Crippen molar-refractivity contribution in [2.45, 2.75) is 19.9 Å². The molecule has 3 aromatic carbocycles. The number of carbonyl (C=O) groups excluding carboxylic acids is 1. The minimum absolute atomic E-state index is 0.0203. The average molecular weight is 427 g/mol. The first-order valence-electron chi connectivity index (χ1n) is 10.3. The number of aryl methyl sites for hydroxylation is 2. The number of aromatic nitrogens is 3. The minimum Gasteiger partial charge on any atom is -0.337 e. The molecule has 0 aliphatic heterocycles. The number of fused-ring (bicyclic) bond motifs is 2. The molecule has 0 fully saturated rings. The molecule has 0 aliphatic rings. The molecule has 6 heteroatoms. The second-order valence-electron chi connectivity index (χ2n) is 7.59. The van der Waals surface area contributed by atoms with Gasteiger partial charge in [0.1, 0.15) is 0 Å². The van der Waals surface area contributed by atoms with E-state index in [1.165, 1.54) is 0 Å². The van der Waals surface area contributed by atoms with E-state index < -0.39 is 0 Å². The van der Waals surface area contributed by atoms with Crippen LogP contribution in [0.4, 0.5) is 5.13 Å². The van der Waals surface area contributed by atoms with Gasteiger partial charge in [0.05, 0.1) is 16.5 Å². The van der Waals surface area contributed by atoms with Crippen LogP contribution < -0.4 is 4.90 Å². The topological polar surface area (TPSA) is 51.0 Å². The first kappa shape index (κ1) is 19.5. The van der Waals surface area contributed by atoms with Gasteiger partial charge in [-0.2, -0.15) is 0 Å². The van der Waals surface area contributed by atoms with E-state index in [1.54, 1.807) is 23.9 Å². The summed E-state index contributed by atoms with van der Waals surface area (Å²) >= 11 is 1.57. The Labute approximate surface area is 184 Å². The van der Waals surface area contributed by atoms with Crippen LogP contribution in [0.1, 0.15) is 22.3 Å². The molecule has 2 aromatic heterocycles. The molecule has 0 N–H and O–H groups in total. The van der Waals surface area contributed by atoms with Crippen molar-refractivity contribution in [1.82, 2.24) is 14.5 Å². The first-order chi connectivity index (χ1) is 15.2. The maximum absolute atomic E-state index is 13.6. The lowest BCUT2D eigenvalue weighted by Crippen LogP contribution is -2.32. The fraction of sp³-hybridized carbons (Fsp3) is 0.160. The second kappa shape index (κ2) is 8.32. The molecule has 0 radical (unpaired) electrons. The first-order valence-corrected chi connectivity index (χ1v) is 11.1. The number of para-hydroxylation sites is 1. The van der Waals surface area contributed by atoms with Crippen molar-refractivity contribution in [1.29, 1.82) is 0 Å². The maximum Gasteiger partial charge on any atom is 0.260 e. The number of hydrogen-bond donors (Lipinski definition) is 0. The molecular formula is C25H22N4OS. The molecule has 0 saturated heterocycles. The molecule has 0 unspecified atom stereocenters. The summed E-state index contributed by atoms with van der Waals surface area (Å²) < 4.78 is 3.13. The third-order valence-corrected chi connectivity index (χ3v) is 6.48. The number of thiazole rings is 1. The Morgan fingerprint density at radius 1 is 1.06 bits per heavy atom. The number of carbonyl (C=O) groups is 1. The van der Waals surface area contributed by atoms with E-state index in [-0.39, 0.29) is 5.91 Å². The summed E-state index contributed by atoms with van der Waals surface area (Å²) in [7, 11) is 0. The minimum atomic E-state index is -0.0203. The van der Waals surface area contributed by atoms with Crippen molar-refractivity contribution in [3.8, 4) is 0 Å². The van der Waals surface area contributed by atoms with E-state index in [9.17, 15) is 4.79 Å². The van der Waals surface area contributed by atoms with E-state index in [4.69, 9.17) is 4.98 Å². The molecule has 0 atom stereocenters.